The summed E-state index contributed by atoms with van der Waals surface area (Å²) in [7, 11) is 0. The highest BCUT2D eigenvalue weighted by Crippen LogP contribution is 2.27. The molecule has 0 atom stereocenters. The number of aromatic nitrogens is 5. The van der Waals surface area contributed by atoms with Crippen LogP contribution in [0, 0.1) is 6.92 Å². The first-order valence-corrected chi connectivity index (χ1v) is 16.9. The van der Waals surface area contributed by atoms with Gasteiger partial charge in [-0.15, -0.1) is 0 Å². The molecule has 0 aliphatic carbocycles. The van der Waals surface area contributed by atoms with Crippen LogP contribution in [0.5, 0.6) is 0 Å². The number of hydrogen-bond donors (Lipinski definition) is 2. The summed E-state index contributed by atoms with van der Waals surface area (Å²) in [6.07, 6.45) is 4.76. The Kier molecular flexibility index (Phi) is 11.6. The number of rotatable bonds is 8. The van der Waals surface area contributed by atoms with Gasteiger partial charge in [-0.2, -0.15) is 5.10 Å². The minimum absolute atomic E-state index is 0.0266. The Morgan fingerprint density at radius 2 is 1.77 bits per heavy atom. The number of nitrogens with one attached hydrogen (secondary N) is 2. The fourth-order valence-electron chi connectivity index (χ4n) is 5.64. The zero-order chi connectivity index (χ0) is 35.2. The van der Waals surface area contributed by atoms with E-state index in [1.165, 1.54) is 0 Å². The third kappa shape index (κ3) is 8.39. The summed E-state index contributed by atoms with van der Waals surface area (Å²) in [4.78, 5) is 55.3. The van der Waals surface area contributed by atoms with Gasteiger partial charge in [0.05, 0.1) is 22.8 Å². The van der Waals surface area contributed by atoms with Gasteiger partial charge < -0.3 is 24.8 Å². The van der Waals surface area contributed by atoms with E-state index in [4.69, 9.17) is 14.7 Å². The van der Waals surface area contributed by atoms with Gasteiger partial charge in [-0.25, -0.2) is 19.4 Å². The highest BCUT2D eigenvalue weighted by Gasteiger charge is 2.26. The molecule has 0 spiro atoms. The van der Waals surface area contributed by atoms with Gasteiger partial charge in [0.15, 0.2) is 5.65 Å². The summed E-state index contributed by atoms with van der Waals surface area (Å²) in [5, 5.41) is 8.14. The van der Waals surface area contributed by atoms with E-state index in [1.807, 2.05) is 73.6 Å². The molecule has 1 aliphatic rings. The molecular weight excluding hydrogens is 608 g/mol. The molecule has 0 saturated carbocycles. The Labute approximate surface area is 282 Å². The number of nitrogens with zero attached hydrogens (tertiary/aromatic N) is 6. The summed E-state index contributed by atoms with van der Waals surface area (Å²) in [6, 6.07) is 7.63. The molecule has 1 saturated heterocycles. The van der Waals surface area contributed by atoms with E-state index in [9.17, 15) is 14.4 Å². The Morgan fingerprint density at radius 1 is 1.06 bits per heavy atom. The van der Waals surface area contributed by atoms with Crippen LogP contribution in [0.4, 0.5) is 10.6 Å². The number of aromatic amines is 1. The largest absolute Gasteiger partial charge is 0.444 e. The number of pyridine rings is 3. The molecule has 1 aliphatic heterocycles. The molecule has 0 aromatic carbocycles. The lowest BCUT2D eigenvalue weighted by molar-refractivity contribution is 0.0240. The first-order valence-electron chi connectivity index (χ1n) is 16.9. The quantitative estimate of drug-likeness (QED) is 0.234. The molecule has 2 amide bonds. The minimum Gasteiger partial charge on any atom is -0.444 e. The third-order valence-electron chi connectivity index (χ3n) is 7.91. The van der Waals surface area contributed by atoms with Crippen LogP contribution in [0.3, 0.4) is 0 Å². The Morgan fingerprint density at radius 3 is 2.38 bits per heavy atom. The number of carbonyl (C=O) groups is 2. The normalized spacial score (nSPS) is 13.4. The van der Waals surface area contributed by atoms with E-state index in [-0.39, 0.29) is 30.1 Å². The van der Waals surface area contributed by atoms with Crippen molar-refractivity contribution in [3.8, 4) is 11.3 Å². The molecule has 5 heterocycles. The maximum Gasteiger partial charge on any atom is 0.410 e. The van der Waals surface area contributed by atoms with Crippen LogP contribution >= 0.6 is 0 Å². The topological polar surface area (TPSA) is 138 Å². The van der Waals surface area contributed by atoms with Crippen LogP contribution in [0.1, 0.15) is 95.0 Å². The van der Waals surface area contributed by atoms with Crippen molar-refractivity contribution in [3.63, 3.8) is 0 Å². The van der Waals surface area contributed by atoms with E-state index >= 15 is 0 Å². The molecule has 0 radical (unpaired) electrons. The summed E-state index contributed by atoms with van der Waals surface area (Å²) in [5.41, 5.74) is 3.95. The van der Waals surface area contributed by atoms with Crippen molar-refractivity contribution in [1.82, 2.24) is 34.9 Å². The van der Waals surface area contributed by atoms with Crippen molar-refractivity contribution in [2.45, 2.75) is 93.3 Å². The molecule has 5 rings (SSSR count). The summed E-state index contributed by atoms with van der Waals surface area (Å²) < 4.78 is 7.31. The second-order valence-corrected chi connectivity index (χ2v) is 13.1. The number of anilines is 1. The maximum absolute atomic E-state index is 13.7. The first kappa shape index (κ1) is 36.1. The first-order chi connectivity index (χ1) is 22.8. The van der Waals surface area contributed by atoms with Gasteiger partial charge in [-0.1, -0.05) is 27.2 Å². The second-order valence-electron chi connectivity index (χ2n) is 13.1. The molecule has 12 heteroatoms. The number of fused-ring (bicyclic) bond motifs is 1. The van der Waals surface area contributed by atoms with Crippen LogP contribution in [0.2, 0.25) is 0 Å². The molecule has 0 unspecified atom stereocenters. The van der Waals surface area contributed by atoms with Crippen molar-refractivity contribution in [3.05, 3.63) is 69.4 Å². The number of ether oxygens (including phenoxy) is 1. The number of H-pyrrole nitrogens is 1. The van der Waals surface area contributed by atoms with Crippen molar-refractivity contribution in [2.24, 2.45) is 0 Å². The minimum atomic E-state index is -0.533. The Bertz CT molecular complexity index is 1780. The number of aryl methyl sites for hydroxylation is 2. The average molecular weight is 659 g/mol. The molecule has 258 valence electrons. The van der Waals surface area contributed by atoms with Crippen molar-refractivity contribution < 1.29 is 14.3 Å². The zero-order valence-corrected chi connectivity index (χ0v) is 29.8. The van der Waals surface area contributed by atoms with E-state index < -0.39 is 5.60 Å². The van der Waals surface area contributed by atoms with E-state index in [2.05, 4.69) is 27.2 Å². The summed E-state index contributed by atoms with van der Waals surface area (Å²) in [5.74, 6) is 0.483. The summed E-state index contributed by atoms with van der Waals surface area (Å²) in [6.45, 7) is 20.0. The highest BCUT2D eigenvalue weighted by molar-refractivity contribution is 6.06. The van der Waals surface area contributed by atoms with Crippen LogP contribution < -0.4 is 15.8 Å². The summed E-state index contributed by atoms with van der Waals surface area (Å²) >= 11 is 0. The van der Waals surface area contributed by atoms with Gasteiger partial charge >= 0.3 is 6.09 Å². The van der Waals surface area contributed by atoms with Gasteiger partial charge in [0.25, 0.3) is 11.5 Å². The lowest BCUT2D eigenvalue weighted by Crippen LogP contribution is -2.50. The van der Waals surface area contributed by atoms with Gasteiger partial charge in [0.2, 0.25) is 0 Å². The monoisotopic (exact) mass is 658 g/mol. The van der Waals surface area contributed by atoms with Gasteiger partial charge in [0, 0.05) is 61.8 Å². The Balaban J connectivity index is 0.00000255. The standard InChI is InChI=1S/C34H44N8O4.C2H6/c1-8-9-23-16-22(4)38-32(44)26(23)19-36-31(43)25-17-28(39-30-27(25)20-37-42(30)21(2)3)24-10-11-29(35-18-24)40-12-14-41(15-13-40)33(45)46-34(5,6)7;1-2/h10-11,16-18,20-21H,8-9,12-15,19H2,1-7H3,(H,36,43)(H,38,44);1-2H3. The average Bonchev–Trinajstić information content (AvgIpc) is 3.49. The zero-order valence-electron chi connectivity index (χ0n) is 29.8. The van der Waals surface area contributed by atoms with E-state index in [1.54, 1.807) is 28.0 Å². The van der Waals surface area contributed by atoms with E-state index in [0.29, 0.717) is 54.0 Å². The number of piperazine rings is 1. The van der Waals surface area contributed by atoms with Gasteiger partial charge in [0.1, 0.15) is 11.4 Å². The van der Waals surface area contributed by atoms with Gasteiger partial charge in [-0.3, -0.25) is 9.59 Å². The molecule has 0 bridgehead atoms. The molecule has 48 heavy (non-hydrogen) atoms. The number of amides is 2. The fourth-order valence-corrected chi connectivity index (χ4v) is 5.64. The van der Waals surface area contributed by atoms with Crippen LogP contribution in [0.15, 0.2) is 41.5 Å². The lowest BCUT2D eigenvalue weighted by atomic mass is 10.0. The van der Waals surface area contributed by atoms with Crippen molar-refractivity contribution >= 4 is 28.9 Å². The number of hydrogen-bond acceptors (Lipinski definition) is 8. The molecule has 4 aromatic heterocycles. The smallest absolute Gasteiger partial charge is 0.410 e. The SMILES string of the molecule is CC.CCCc1cc(C)[nH]c(=O)c1CNC(=O)c1cc(-c2ccc(N3CCN(C(=O)OC(C)(C)C)CC3)nc2)nc2c1cnn2C(C)C. The van der Waals surface area contributed by atoms with Crippen molar-refractivity contribution in [2.75, 3.05) is 31.1 Å². The molecule has 2 N–H and O–H groups in total. The maximum atomic E-state index is 13.7. The van der Waals surface area contributed by atoms with Gasteiger partial charge in [-0.05, 0) is 77.8 Å². The van der Waals surface area contributed by atoms with Crippen LogP contribution in [-0.2, 0) is 17.7 Å². The molecule has 1 fully saturated rings. The van der Waals surface area contributed by atoms with E-state index in [0.717, 1.165) is 35.5 Å². The lowest BCUT2D eigenvalue weighted by Gasteiger charge is -2.36. The second kappa shape index (κ2) is 15.4. The van der Waals surface area contributed by atoms with Crippen LogP contribution in [-0.4, -0.2) is 73.4 Å². The predicted octanol–water partition coefficient (Wildman–Crippen LogP) is 6.04. The fraction of sp³-hybridized carbons (Fsp3) is 0.500. The predicted molar refractivity (Wildman–Crippen MR) is 189 cm³/mol. The van der Waals surface area contributed by atoms with Crippen LogP contribution in [0.25, 0.3) is 22.3 Å². The molecular formula is C36H50N8O4. The van der Waals surface area contributed by atoms with Crippen molar-refractivity contribution in [1.29, 1.82) is 0 Å². The third-order valence-corrected chi connectivity index (χ3v) is 7.91. The Hall–Kier alpha value is -4.74. The molecule has 4 aromatic rings. The number of carbonyl (C=O) groups excluding carboxylic acids is 2. The highest BCUT2D eigenvalue weighted by atomic mass is 16.6. The molecule has 12 nitrogen and oxygen atoms in total.